The van der Waals surface area contributed by atoms with Crippen LogP contribution in [0.4, 0.5) is 0 Å². The number of benzene rings is 3. The van der Waals surface area contributed by atoms with Crippen LogP contribution in [0.25, 0.3) is 16.6 Å². The van der Waals surface area contributed by atoms with Crippen LogP contribution in [0.5, 0.6) is 0 Å². The largest absolute Gasteiger partial charge is 0.332 e. The van der Waals surface area contributed by atoms with E-state index in [4.69, 9.17) is 4.98 Å². The number of hydrogen-bond donors (Lipinski definition) is 0. The van der Waals surface area contributed by atoms with Gasteiger partial charge >= 0.3 is 0 Å². The maximum atomic E-state index is 13.9. The van der Waals surface area contributed by atoms with Crippen molar-refractivity contribution in [3.05, 3.63) is 106 Å². The zero-order valence-corrected chi connectivity index (χ0v) is 22.9. The lowest BCUT2D eigenvalue weighted by Crippen LogP contribution is -2.39. The highest BCUT2D eigenvalue weighted by Gasteiger charge is 2.28. The Hall–Kier alpha value is -3.73. The second-order valence-electron chi connectivity index (χ2n) is 9.85. The molecule has 0 saturated carbocycles. The van der Waals surface area contributed by atoms with Crippen molar-refractivity contribution >= 4 is 16.8 Å². The van der Waals surface area contributed by atoms with Crippen molar-refractivity contribution in [1.29, 1.82) is 0 Å². The summed E-state index contributed by atoms with van der Waals surface area (Å²) in [4.78, 5) is 34.6. The highest BCUT2D eigenvalue weighted by atomic mass is 16.2. The minimum absolute atomic E-state index is 0.102. The summed E-state index contributed by atoms with van der Waals surface area (Å²) in [5.74, 6) is 0.744. The Labute approximate surface area is 226 Å². The lowest BCUT2D eigenvalue weighted by Gasteiger charge is -2.32. The number of aryl methyl sites for hydroxylation is 1. The van der Waals surface area contributed by atoms with E-state index in [1.807, 2.05) is 59.5 Å². The Kier molecular flexibility index (Phi) is 9.47. The fraction of sp³-hybridized carbons (Fsp3) is 0.364. The summed E-state index contributed by atoms with van der Waals surface area (Å²) in [6, 6.07) is 25.5. The molecule has 4 aromatic rings. The number of unbranched alkanes of at least 4 members (excludes halogenated alkanes) is 2. The van der Waals surface area contributed by atoms with E-state index in [9.17, 15) is 9.59 Å². The van der Waals surface area contributed by atoms with Crippen molar-refractivity contribution < 1.29 is 4.79 Å². The summed E-state index contributed by atoms with van der Waals surface area (Å²) in [6.07, 6.45) is 5.79. The average Bonchev–Trinajstić information content (AvgIpc) is 2.96. The second kappa shape index (κ2) is 13.2. The molecule has 1 unspecified atom stereocenters. The SMILES string of the molecule is CCCCCC(=O)N(CCc1ccccc1)C(CC)c1nc2ccccc2c(=O)n1-c1ccc(CC)cc1. The van der Waals surface area contributed by atoms with Gasteiger partial charge in [0.15, 0.2) is 0 Å². The van der Waals surface area contributed by atoms with Gasteiger partial charge in [0.1, 0.15) is 5.82 Å². The normalized spacial score (nSPS) is 12.0. The lowest BCUT2D eigenvalue weighted by molar-refractivity contribution is -0.134. The van der Waals surface area contributed by atoms with Crippen LogP contribution in [-0.4, -0.2) is 26.9 Å². The number of fused-ring (bicyclic) bond motifs is 1. The summed E-state index contributed by atoms with van der Waals surface area (Å²) in [7, 11) is 0. The zero-order chi connectivity index (χ0) is 26.9. The summed E-state index contributed by atoms with van der Waals surface area (Å²) in [6.45, 7) is 6.91. The highest BCUT2D eigenvalue weighted by Crippen LogP contribution is 2.27. The molecule has 0 aliphatic heterocycles. The van der Waals surface area contributed by atoms with Gasteiger partial charge in [0.05, 0.1) is 22.6 Å². The summed E-state index contributed by atoms with van der Waals surface area (Å²) < 4.78 is 1.73. The Morgan fingerprint density at radius 1 is 0.868 bits per heavy atom. The molecule has 1 aromatic heterocycles. The van der Waals surface area contributed by atoms with Crippen molar-refractivity contribution in [1.82, 2.24) is 14.5 Å². The molecule has 0 saturated heterocycles. The third kappa shape index (κ3) is 6.21. The van der Waals surface area contributed by atoms with E-state index < -0.39 is 0 Å². The van der Waals surface area contributed by atoms with Crippen LogP contribution in [0.2, 0.25) is 0 Å². The first-order chi connectivity index (χ1) is 18.6. The maximum absolute atomic E-state index is 13.9. The molecule has 0 radical (unpaired) electrons. The average molecular weight is 510 g/mol. The van der Waals surface area contributed by atoms with Gasteiger partial charge in [-0.1, -0.05) is 88.2 Å². The molecule has 1 amide bonds. The molecule has 3 aromatic carbocycles. The third-order valence-corrected chi connectivity index (χ3v) is 7.26. The molecule has 5 heteroatoms. The highest BCUT2D eigenvalue weighted by molar-refractivity contribution is 5.79. The van der Waals surface area contributed by atoms with Crippen molar-refractivity contribution in [2.24, 2.45) is 0 Å². The van der Waals surface area contributed by atoms with Gasteiger partial charge in [-0.2, -0.15) is 0 Å². The number of para-hydroxylation sites is 1. The molecule has 0 aliphatic carbocycles. The van der Waals surface area contributed by atoms with Gasteiger partial charge in [0.2, 0.25) is 5.91 Å². The van der Waals surface area contributed by atoms with Gasteiger partial charge in [-0.25, -0.2) is 4.98 Å². The van der Waals surface area contributed by atoms with Crippen molar-refractivity contribution in [2.75, 3.05) is 6.54 Å². The van der Waals surface area contributed by atoms with Crippen molar-refractivity contribution in [3.8, 4) is 5.69 Å². The maximum Gasteiger partial charge on any atom is 0.266 e. The van der Waals surface area contributed by atoms with Crippen LogP contribution >= 0.6 is 0 Å². The first kappa shape index (κ1) is 27.3. The number of rotatable bonds is 12. The monoisotopic (exact) mass is 509 g/mol. The van der Waals surface area contributed by atoms with E-state index in [1.54, 1.807) is 4.57 Å². The van der Waals surface area contributed by atoms with Gasteiger partial charge in [-0.15, -0.1) is 0 Å². The minimum Gasteiger partial charge on any atom is -0.332 e. The van der Waals surface area contributed by atoms with E-state index in [0.717, 1.165) is 37.8 Å². The first-order valence-corrected chi connectivity index (χ1v) is 14.0. The van der Waals surface area contributed by atoms with Gasteiger partial charge in [-0.3, -0.25) is 14.2 Å². The molecule has 4 rings (SSSR count). The summed E-state index contributed by atoms with van der Waals surface area (Å²) >= 11 is 0. The number of nitrogens with zero attached hydrogens (tertiary/aromatic N) is 3. The quantitative estimate of drug-likeness (QED) is 0.192. The molecule has 5 nitrogen and oxygen atoms in total. The van der Waals surface area contributed by atoms with Crippen molar-refractivity contribution in [2.45, 2.75) is 71.8 Å². The Morgan fingerprint density at radius 3 is 2.26 bits per heavy atom. The molecule has 1 atom stereocenters. The third-order valence-electron chi connectivity index (χ3n) is 7.26. The number of hydrogen-bond acceptors (Lipinski definition) is 3. The number of carbonyl (C=O) groups excluding carboxylic acids is 1. The number of carbonyl (C=O) groups is 1. The van der Waals surface area contributed by atoms with E-state index in [0.29, 0.717) is 36.1 Å². The molecule has 1 heterocycles. The van der Waals surface area contributed by atoms with Crippen LogP contribution in [0.1, 0.15) is 75.9 Å². The molecule has 0 aliphatic rings. The predicted octanol–water partition coefficient (Wildman–Crippen LogP) is 7.05. The predicted molar refractivity (Wildman–Crippen MR) is 156 cm³/mol. The van der Waals surface area contributed by atoms with Crippen molar-refractivity contribution in [3.63, 3.8) is 0 Å². The minimum atomic E-state index is -0.323. The fourth-order valence-corrected chi connectivity index (χ4v) is 5.06. The Morgan fingerprint density at radius 2 is 1.58 bits per heavy atom. The van der Waals surface area contributed by atoms with Gasteiger partial charge in [-0.05, 0) is 61.1 Å². The summed E-state index contributed by atoms with van der Waals surface area (Å²) in [5, 5.41) is 0.579. The van der Waals surface area contributed by atoms with Gasteiger partial charge < -0.3 is 4.90 Å². The van der Waals surface area contributed by atoms with E-state index in [-0.39, 0.29) is 17.5 Å². The topological polar surface area (TPSA) is 55.2 Å². The molecule has 0 spiro atoms. The molecule has 198 valence electrons. The van der Waals surface area contributed by atoms with Gasteiger partial charge in [0, 0.05) is 13.0 Å². The second-order valence-corrected chi connectivity index (χ2v) is 9.85. The molecule has 0 N–H and O–H groups in total. The van der Waals surface area contributed by atoms with E-state index in [2.05, 4.69) is 45.0 Å². The molecule has 38 heavy (non-hydrogen) atoms. The molecular weight excluding hydrogens is 470 g/mol. The smallest absolute Gasteiger partial charge is 0.266 e. The van der Waals surface area contributed by atoms with E-state index >= 15 is 0 Å². The molecule has 0 bridgehead atoms. The molecule has 0 fully saturated rings. The van der Waals surface area contributed by atoms with Crippen LogP contribution in [0.15, 0.2) is 83.7 Å². The van der Waals surface area contributed by atoms with Gasteiger partial charge in [0.25, 0.3) is 5.56 Å². The Balaban J connectivity index is 1.83. The van der Waals surface area contributed by atoms with Crippen LogP contribution in [0.3, 0.4) is 0 Å². The standard InChI is InChI=1S/C33H39N3O2/c1-4-7-9-18-31(37)35(24-23-26-14-10-8-11-15-26)30(6-3)32-34-29-17-13-12-16-28(29)33(38)36(32)27-21-19-25(5-2)20-22-27/h8,10-17,19-22,30H,4-7,9,18,23-24H2,1-3H3. The fourth-order valence-electron chi connectivity index (χ4n) is 5.06. The van der Waals surface area contributed by atoms with Crippen LogP contribution < -0.4 is 5.56 Å². The lowest BCUT2D eigenvalue weighted by atomic mass is 10.1. The number of amides is 1. The summed E-state index contributed by atoms with van der Waals surface area (Å²) in [5.41, 5.74) is 3.73. The first-order valence-electron chi connectivity index (χ1n) is 14.0. The van der Waals surface area contributed by atoms with Crippen LogP contribution in [0, 0.1) is 0 Å². The number of aromatic nitrogens is 2. The molecular formula is C33H39N3O2. The van der Waals surface area contributed by atoms with Crippen LogP contribution in [-0.2, 0) is 17.6 Å². The Bertz CT molecular complexity index is 1390. The van der Waals surface area contributed by atoms with E-state index in [1.165, 1.54) is 11.1 Å². The zero-order valence-electron chi connectivity index (χ0n) is 22.9.